The number of nitrogens with one attached hydrogen (secondary N) is 1. The van der Waals surface area contributed by atoms with Gasteiger partial charge in [-0.25, -0.2) is 0 Å². The minimum Gasteiger partial charge on any atom is -0.493 e. The van der Waals surface area contributed by atoms with Crippen molar-refractivity contribution in [1.82, 2.24) is 4.90 Å². The lowest BCUT2D eigenvalue weighted by atomic mass is 9.98. The van der Waals surface area contributed by atoms with Crippen LogP contribution in [0, 0.1) is 0 Å². The second kappa shape index (κ2) is 11.2. The van der Waals surface area contributed by atoms with Gasteiger partial charge >= 0.3 is 0 Å². The van der Waals surface area contributed by atoms with Crippen molar-refractivity contribution in [3.8, 4) is 11.5 Å². The summed E-state index contributed by atoms with van der Waals surface area (Å²) in [4.78, 5) is 14.8. The molecule has 0 aliphatic carbocycles. The fourth-order valence-corrected chi connectivity index (χ4v) is 4.21. The molecule has 1 amide bonds. The van der Waals surface area contributed by atoms with E-state index in [1.165, 1.54) is 25.3 Å². The van der Waals surface area contributed by atoms with Crippen molar-refractivity contribution in [2.24, 2.45) is 0 Å². The van der Waals surface area contributed by atoms with Gasteiger partial charge in [-0.3, -0.25) is 9.69 Å². The number of hydrogen-bond acceptors (Lipinski definition) is 4. The van der Waals surface area contributed by atoms with Crippen LogP contribution in [0.4, 0.5) is 5.69 Å². The van der Waals surface area contributed by atoms with Gasteiger partial charge in [-0.15, -0.1) is 0 Å². The first kappa shape index (κ1) is 23.2. The maximum Gasteiger partial charge on any atom is 0.248 e. The summed E-state index contributed by atoms with van der Waals surface area (Å²) in [5, 5.41) is 3.50. The van der Waals surface area contributed by atoms with Crippen LogP contribution in [0.3, 0.4) is 0 Å². The summed E-state index contributed by atoms with van der Waals surface area (Å²) < 4.78 is 11.5. The van der Waals surface area contributed by atoms with Gasteiger partial charge in [0, 0.05) is 41.5 Å². The summed E-state index contributed by atoms with van der Waals surface area (Å²) in [6.07, 6.45) is 6.97. The molecule has 0 radical (unpaired) electrons. The molecule has 2 atom stereocenters. The van der Waals surface area contributed by atoms with E-state index in [1.807, 2.05) is 12.1 Å². The topological polar surface area (TPSA) is 50.8 Å². The highest BCUT2D eigenvalue weighted by Crippen LogP contribution is 2.30. The molecule has 0 bridgehead atoms. The first-order valence-electron chi connectivity index (χ1n) is 10.8. The molecule has 1 saturated heterocycles. The van der Waals surface area contributed by atoms with E-state index in [-0.39, 0.29) is 5.91 Å². The van der Waals surface area contributed by atoms with Crippen molar-refractivity contribution in [2.45, 2.75) is 45.2 Å². The minimum absolute atomic E-state index is 0.230. The molecule has 2 aromatic carbocycles. The smallest absolute Gasteiger partial charge is 0.248 e. The highest BCUT2D eigenvalue weighted by molar-refractivity contribution is 6.30. The molecular weight excluding hydrogens is 412 g/mol. The second-order valence-electron chi connectivity index (χ2n) is 7.96. The number of rotatable bonds is 8. The molecule has 2 unspecified atom stereocenters. The Morgan fingerprint density at radius 3 is 2.65 bits per heavy atom. The van der Waals surface area contributed by atoms with Gasteiger partial charge in [-0.2, -0.15) is 0 Å². The van der Waals surface area contributed by atoms with Crippen molar-refractivity contribution in [3.63, 3.8) is 0 Å². The van der Waals surface area contributed by atoms with Crippen molar-refractivity contribution < 1.29 is 14.3 Å². The van der Waals surface area contributed by atoms with Crippen molar-refractivity contribution in [2.75, 3.05) is 25.6 Å². The fraction of sp³-hybridized carbons (Fsp3) is 0.400. The van der Waals surface area contributed by atoms with Crippen LogP contribution in [0.2, 0.25) is 5.02 Å². The summed E-state index contributed by atoms with van der Waals surface area (Å²) in [7, 11) is 1.61. The quantitative estimate of drug-likeness (QED) is 0.537. The summed E-state index contributed by atoms with van der Waals surface area (Å²) in [6.45, 7) is 5.99. The van der Waals surface area contributed by atoms with Gasteiger partial charge in [-0.1, -0.05) is 30.2 Å². The van der Waals surface area contributed by atoms with Crippen LogP contribution in [-0.2, 0) is 4.79 Å². The SMILES string of the molecule is COc1ccc(NC(=O)C=Cc2cccc(Cl)c2)cc1OCCN1C(C)CCCC1C. The zero-order chi connectivity index (χ0) is 22.2. The predicted molar refractivity (Wildman–Crippen MR) is 127 cm³/mol. The Morgan fingerprint density at radius 2 is 1.94 bits per heavy atom. The van der Waals surface area contributed by atoms with E-state index in [0.717, 1.165) is 12.1 Å². The van der Waals surface area contributed by atoms with Gasteiger partial charge in [0.05, 0.1) is 7.11 Å². The number of halogens is 1. The number of ether oxygens (including phenoxy) is 2. The number of nitrogens with zero attached hydrogens (tertiary/aromatic N) is 1. The van der Waals surface area contributed by atoms with Crippen molar-refractivity contribution in [1.29, 1.82) is 0 Å². The van der Waals surface area contributed by atoms with E-state index in [4.69, 9.17) is 21.1 Å². The van der Waals surface area contributed by atoms with E-state index in [0.29, 0.717) is 40.9 Å². The summed E-state index contributed by atoms with van der Waals surface area (Å²) in [5.41, 5.74) is 1.51. The number of anilines is 1. The number of benzene rings is 2. The molecule has 0 saturated carbocycles. The summed E-state index contributed by atoms with van der Waals surface area (Å²) in [6, 6.07) is 13.9. The van der Waals surface area contributed by atoms with Gasteiger partial charge in [0.25, 0.3) is 0 Å². The molecule has 0 aromatic heterocycles. The largest absolute Gasteiger partial charge is 0.493 e. The molecule has 166 valence electrons. The average Bonchev–Trinajstić information content (AvgIpc) is 2.75. The lowest BCUT2D eigenvalue weighted by Gasteiger charge is -2.38. The van der Waals surface area contributed by atoms with Crippen LogP contribution in [0.15, 0.2) is 48.5 Å². The molecule has 0 spiro atoms. The lowest BCUT2D eigenvalue weighted by Crippen LogP contribution is -2.45. The molecule has 6 heteroatoms. The predicted octanol–water partition coefficient (Wildman–Crippen LogP) is 5.64. The molecule has 31 heavy (non-hydrogen) atoms. The molecule has 1 heterocycles. The number of likely N-dealkylation sites (tertiary alicyclic amines) is 1. The highest BCUT2D eigenvalue weighted by Gasteiger charge is 2.24. The Labute approximate surface area is 190 Å². The van der Waals surface area contributed by atoms with Crippen LogP contribution < -0.4 is 14.8 Å². The van der Waals surface area contributed by atoms with Crippen LogP contribution in [0.5, 0.6) is 11.5 Å². The van der Waals surface area contributed by atoms with Gasteiger partial charge in [0.1, 0.15) is 6.61 Å². The second-order valence-corrected chi connectivity index (χ2v) is 8.39. The summed E-state index contributed by atoms with van der Waals surface area (Å²) >= 11 is 5.98. The van der Waals surface area contributed by atoms with Gasteiger partial charge in [0.2, 0.25) is 5.91 Å². The number of carbonyl (C=O) groups excluding carboxylic acids is 1. The zero-order valence-electron chi connectivity index (χ0n) is 18.4. The van der Waals surface area contributed by atoms with Crippen LogP contribution in [0.1, 0.15) is 38.7 Å². The number of amides is 1. The molecular formula is C25H31ClN2O3. The van der Waals surface area contributed by atoms with E-state index >= 15 is 0 Å². The van der Waals surface area contributed by atoms with Gasteiger partial charge < -0.3 is 14.8 Å². The molecule has 3 rings (SSSR count). The number of hydrogen-bond donors (Lipinski definition) is 1. The van der Waals surface area contributed by atoms with E-state index in [1.54, 1.807) is 43.5 Å². The fourth-order valence-electron chi connectivity index (χ4n) is 4.01. The number of piperidine rings is 1. The third-order valence-electron chi connectivity index (χ3n) is 5.69. The normalized spacial score (nSPS) is 19.4. The van der Waals surface area contributed by atoms with Crippen molar-refractivity contribution in [3.05, 3.63) is 59.1 Å². The average molecular weight is 443 g/mol. The molecule has 1 N–H and O–H groups in total. The molecule has 5 nitrogen and oxygen atoms in total. The number of carbonyl (C=O) groups is 1. The molecule has 1 fully saturated rings. The number of methoxy groups -OCH3 is 1. The first-order valence-corrected chi connectivity index (χ1v) is 11.2. The van der Waals surface area contributed by atoms with Crippen LogP contribution >= 0.6 is 11.6 Å². The standard InChI is InChI=1S/C25H31ClN2O3/c1-18-6-4-7-19(2)28(18)14-15-31-24-17-22(11-12-23(24)30-3)27-25(29)13-10-20-8-5-9-21(26)16-20/h5,8-13,16-19H,4,6-7,14-15H2,1-3H3,(H,27,29). The maximum atomic E-state index is 12.3. The third-order valence-corrected chi connectivity index (χ3v) is 5.93. The summed E-state index contributed by atoms with van der Waals surface area (Å²) in [5.74, 6) is 1.04. The van der Waals surface area contributed by atoms with E-state index in [2.05, 4.69) is 24.1 Å². The minimum atomic E-state index is -0.230. The Kier molecular flexibility index (Phi) is 8.38. The lowest BCUT2D eigenvalue weighted by molar-refractivity contribution is -0.111. The van der Waals surface area contributed by atoms with E-state index < -0.39 is 0 Å². The van der Waals surface area contributed by atoms with Crippen molar-refractivity contribution >= 4 is 29.3 Å². The Hall–Kier alpha value is -2.50. The molecule has 1 aliphatic rings. The van der Waals surface area contributed by atoms with Crippen LogP contribution in [0.25, 0.3) is 6.08 Å². The van der Waals surface area contributed by atoms with Gasteiger partial charge in [0.15, 0.2) is 11.5 Å². The van der Waals surface area contributed by atoms with Gasteiger partial charge in [-0.05, 0) is 62.6 Å². The molecule has 1 aliphatic heterocycles. The zero-order valence-corrected chi connectivity index (χ0v) is 19.2. The van der Waals surface area contributed by atoms with E-state index in [9.17, 15) is 4.79 Å². The Morgan fingerprint density at radius 1 is 1.16 bits per heavy atom. The highest BCUT2D eigenvalue weighted by atomic mass is 35.5. The van der Waals surface area contributed by atoms with Crippen LogP contribution in [-0.4, -0.2) is 43.2 Å². The first-order chi connectivity index (χ1) is 15.0. The maximum absolute atomic E-state index is 12.3. The molecule has 2 aromatic rings. The Bertz CT molecular complexity index is 905. The third kappa shape index (κ3) is 6.74. The monoisotopic (exact) mass is 442 g/mol. The Balaban J connectivity index is 1.59.